The van der Waals surface area contributed by atoms with E-state index in [1.165, 1.54) is 32.1 Å². The van der Waals surface area contributed by atoms with Crippen LogP contribution in [0.4, 0.5) is 0 Å². The van der Waals surface area contributed by atoms with Gasteiger partial charge in [0.2, 0.25) is 0 Å². The lowest BCUT2D eigenvalue weighted by Gasteiger charge is -2.64. The van der Waals surface area contributed by atoms with E-state index in [2.05, 4.69) is 33.8 Å². The third-order valence-corrected chi connectivity index (χ3v) is 8.15. The maximum atomic E-state index is 10.5. The molecule has 0 radical (unpaired) electrons. The van der Waals surface area contributed by atoms with Gasteiger partial charge in [-0.15, -0.1) is 0 Å². The van der Waals surface area contributed by atoms with Crippen molar-refractivity contribution in [3.8, 4) is 0 Å². The average molecular weight is 288 g/mol. The van der Waals surface area contributed by atoms with Crippen LogP contribution in [0.3, 0.4) is 0 Å². The molecule has 0 heterocycles. The molecular weight excluding hydrogens is 256 g/mol. The predicted octanol–water partition coefficient (Wildman–Crippen LogP) is 4.95. The maximum absolute atomic E-state index is 10.5. The van der Waals surface area contributed by atoms with Gasteiger partial charge in [0.25, 0.3) is 0 Å². The topological polar surface area (TPSA) is 20.2 Å². The van der Waals surface area contributed by atoms with E-state index in [1.54, 1.807) is 5.57 Å². The van der Waals surface area contributed by atoms with Crippen LogP contribution in [0.2, 0.25) is 0 Å². The summed E-state index contributed by atoms with van der Waals surface area (Å²) >= 11 is 0. The van der Waals surface area contributed by atoms with E-state index in [4.69, 9.17) is 0 Å². The fraction of sp³-hybridized carbons (Fsp3) is 0.900. The van der Waals surface area contributed by atoms with Gasteiger partial charge in [-0.05, 0) is 85.9 Å². The van der Waals surface area contributed by atoms with Gasteiger partial charge in [0, 0.05) is 0 Å². The van der Waals surface area contributed by atoms with E-state index in [-0.39, 0.29) is 6.10 Å². The molecule has 118 valence electrons. The molecule has 3 fully saturated rings. The molecule has 4 aliphatic carbocycles. The molecule has 0 amide bonds. The first-order valence-corrected chi connectivity index (χ1v) is 9.14. The van der Waals surface area contributed by atoms with Crippen molar-refractivity contribution in [2.24, 2.45) is 34.0 Å². The maximum Gasteiger partial charge on any atom is 0.0550 e. The molecule has 0 aromatic carbocycles. The summed E-state index contributed by atoms with van der Waals surface area (Å²) in [5.74, 6) is 2.49. The van der Waals surface area contributed by atoms with Crippen LogP contribution in [0.15, 0.2) is 11.6 Å². The van der Waals surface area contributed by atoms with Crippen LogP contribution in [-0.2, 0) is 0 Å². The molecule has 21 heavy (non-hydrogen) atoms. The predicted molar refractivity (Wildman–Crippen MR) is 86.9 cm³/mol. The second-order valence-corrected chi connectivity index (χ2v) is 9.80. The minimum Gasteiger partial charge on any atom is -0.393 e. The van der Waals surface area contributed by atoms with Gasteiger partial charge in [-0.3, -0.25) is 0 Å². The Morgan fingerprint density at radius 2 is 1.76 bits per heavy atom. The Balaban J connectivity index is 1.77. The van der Waals surface area contributed by atoms with Crippen molar-refractivity contribution in [2.75, 3.05) is 0 Å². The van der Waals surface area contributed by atoms with E-state index in [9.17, 15) is 5.11 Å². The summed E-state index contributed by atoms with van der Waals surface area (Å²) in [5.41, 5.74) is 2.83. The molecule has 2 bridgehead atoms. The molecule has 6 atom stereocenters. The summed E-state index contributed by atoms with van der Waals surface area (Å²) < 4.78 is 0. The summed E-state index contributed by atoms with van der Waals surface area (Å²) in [4.78, 5) is 0. The molecule has 1 nitrogen and oxygen atoms in total. The molecule has 4 rings (SSSR count). The molecule has 3 saturated carbocycles. The molecule has 1 N–H and O–H groups in total. The number of hydrogen-bond donors (Lipinski definition) is 1. The van der Waals surface area contributed by atoms with Crippen molar-refractivity contribution in [1.29, 1.82) is 0 Å². The van der Waals surface area contributed by atoms with Crippen LogP contribution in [0.5, 0.6) is 0 Å². The van der Waals surface area contributed by atoms with Crippen molar-refractivity contribution in [2.45, 2.75) is 78.7 Å². The van der Waals surface area contributed by atoms with E-state index >= 15 is 0 Å². The van der Waals surface area contributed by atoms with E-state index in [1.807, 2.05) is 0 Å². The van der Waals surface area contributed by atoms with Crippen LogP contribution in [0.25, 0.3) is 0 Å². The number of rotatable bonds is 0. The SMILES string of the molecule is CC1=CC23CCC4C(C)(C)CC(O)CC4(C)C2CCC1C3. The van der Waals surface area contributed by atoms with Gasteiger partial charge in [-0.2, -0.15) is 0 Å². The second kappa shape index (κ2) is 4.16. The summed E-state index contributed by atoms with van der Waals surface area (Å²) in [6, 6.07) is 0. The highest BCUT2D eigenvalue weighted by molar-refractivity contribution is 5.27. The van der Waals surface area contributed by atoms with Gasteiger partial charge in [-0.25, -0.2) is 0 Å². The first kappa shape index (κ1) is 14.3. The number of fused-ring (bicyclic) bond motifs is 3. The first-order valence-electron chi connectivity index (χ1n) is 9.14. The Kier molecular flexibility index (Phi) is 2.83. The highest BCUT2D eigenvalue weighted by Gasteiger charge is 2.62. The molecule has 1 heteroatoms. The molecule has 0 aliphatic heterocycles. The Bertz CT molecular complexity index is 490. The van der Waals surface area contributed by atoms with Crippen LogP contribution in [0.1, 0.15) is 72.6 Å². The Labute approximate surface area is 130 Å². The van der Waals surface area contributed by atoms with Crippen LogP contribution < -0.4 is 0 Å². The number of hydrogen-bond acceptors (Lipinski definition) is 1. The van der Waals surface area contributed by atoms with Gasteiger partial charge in [0.05, 0.1) is 6.10 Å². The van der Waals surface area contributed by atoms with Crippen LogP contribution in [0, 0.1) is 34.0 Å². The van der Waals surface area contributed by atoms with Crippen molar-refractivity contribution in [1.82, 2.24) is 0 Å². The monoisotopic (exact) mass is 288 g/mol. The number of aliphatic hydroxyl groups excluding tert-OH is 1. The third-order valence-electron chi connectivity index (χ3n) is 8.15. The standard InChI is InChI=1S/C20H32O/c1-13-9-20-8-7-16-18(2,3)11-15(21)12-19(16,4)17(20)6-5-14(13)10-20/h9,14-17,21H,5-8,10-12H2,1-4H3. The highest BCUT2D eigenvalue weighted by Crippen LogP contribution is 2.70. The van der Waals surface area contributed by atoms with Crippen LogP contribution >= 0.6 is 0 Å². The van der Waals surface area contributed by atoms with E-state index in [0.717, 1.165) is 30.6 Å². The third kappa shape index (κ3) is 1.79. The molecule has 0 aromatic heterocycles. The van der Waals surface area contributed by atoms with Crippen molar-refractivity contribution in [3.63, 3.8) is 0 Å². The Hall–Kier alpha value is -0.300. The molecule has 1 spiro atoms. The van der Waals surface area contributed by atoms with Gasteiger partial charge < -0.3 is 5.11 Å². The van der Waals surface area contributed by atoms with Gasteiger partial charge >= 0.3 is 0 Å². The summed E-state index contributed by atoms with van der Waals surface area (Å²) in [5, 5.41) is 10.5. The smallest absolute Gasteiger partial charge is 0.0550 e. The van der Waals surface area contributed by atoms with Crippen LogP contribution in [-0.4, -0.2) is 11.2 Å². The average Bonchev–Trinajstić information content (AvgIpc) is 2.57. The second-order valence-electron chi connectivity index (χ2n) is 9.80. The Morgan fingerprint density at radius 1 is 1.00 bits per heavy atom. The summed E-state index contributed by atoms with van der Waals surface area (Å²) in [6.07, 6.45) is 11.7. The van der Waals surface area contributed by atoms with Crippen molar-refractivity contribution >= 4 is 0 Å². The molecule has 0 aromatic rings. The molecule has 4 aliphatic rings. The van der Waals surface area contributed by atoms with Crippen molar-refractivity contribution < 1.29 is 5.11 Å². The lowest BCUT2D eigenvalue weighted by molar-refractivity contribution is -0.162. The zero-order chi connectivity index (χ0) is 15.0. The molecule has 0 saturated heterocycles. The minimum atomic E-state index is -0.0828. The molecule has 6 unspecified atom stereocenters. The van der Waals surface area contributed by atoms with Crippen molar-refractivity contribution in [3.05, 3.63) is 11.6 Å². The lowest BCUT2D eigenvalue weighted by Crippen LogP contribution is -2.58. The zero-order valence-electron chi connectivity index (χ0n) is 14.3. The largest absolute Gasteiger partial charge is 0.393 e. The van der Waals surface area contributed by atoms with Gasteiger partial charge in [-0.1, -0.05) is 32.4 Å². The zero-order valence-corrected chi connectivity index (χ0v) is 14.3. The molecular formula is C20H32O. The number of allylic oxidation sites excluding steroid dienone is 2. The quantitative estimate of drug-likeness (QED) is 0.626. The lowest BCUT2D eigenvalue weighted by atomic mass is 9.41. The summed E-state index contributed by atoms with van der Waals surface area (Å²) in [6.45, 7) is 9.74. The highest BCUT2D eigenvalue weighted by atomic mass is 16.3. The summed E-state index contributed by atoms with van der Waals surface area (Å²) in [7, 11) is 0. The minimum absolute atomic E-state index is 0.0828. The van der Waals surface area contributed by atoms with Gasteiger partial charge in [0.15, 0.2) is 0 Å². The van der Waals surface area contributed by atoms with E-state index in [0.29, 0.717) is 16.2 Å². The van der Waals surface area contributed by atoms with Gasteiger partial charge in [0.1, 0.15) is 0 Å². The fourth-order valence-electron chi connectivity index (χ4n) is 7.70. The van der Waals surface area contributed by atoms with E-state index < -0.39 is 0 Å². The first-order chi connectivity index (χ1) is 9.77. The fourth-order valence-corrected chi connectivity index (χ4v) is 7.70. The normalized spacial score (nSPS) is 54.6. The number of aliphatic hydroxyl groups is 1. The Morgan fingerprint density at radius 3 is 2.52 bits per heavy atom.